The first kappa shape index (κ1) is 22.9. The van der Waals surface area contributed by atoms with Gasteiger partial charge in [-0.25, -0.2) is 0 Å². The first-order valence-corrected chi connectivity index (χ1v) is 10.8. The maximum Gasteiger partial charge on any atom is 0.243 e. The normalized spacial score (nSPS) is 10.3. The second-order valence-electron chi connectivity index (χ2n) is 7.39. The highest BCUT2D eigenvalue weighted by molar-refractivity contribution is 5.94. The Morgan fingerprint density at radius 1 is 0.750 bits per heavy atom. The van der Waals surface area contributed by atoms with Gasteiger partial charge in [0.05, 0.1) is 13.2 Å². The highest BCUT2D eigenvalue weighted by Crippen LogP contribution is 2.17. The second-order valence-corrected chi connectivity index (χ2v) is 7.39. The van der Waals surface area contributed by atoms with Crippen LogP contribution in [0.25, 0.3) is 0 Å². The predicted octanol–water partition coefficient (Wildman–Crippen LogP) is 5.10. The van der Waals surface area contributed by atoms with Crippen LogP contribution in [0.3, 0.4) is 0 Å². The molecule has 2 amide bonds. The van der Waals surface area contributed by atoms with Gasteiger partial charge in [0.15, 0.2) is 0 Å². The summed E-state index contributed by atoms with van der Waals surface area (Å²) in [6.45, 7) is 2.70. The molecule has 0 bridgehead atoms. The van der Waals surface area contributed by atoms with Crippen molar-refractivity contribution in [3.05, 3.63) is 84.4 Å². The Morgan fingerprint density at radius 3 is 2.00 bits per heavy atom. The van der Waals surface area contributed by atoms with Gasteiger partial charge in [0.25, 0.3) is 0 Å². The van der Waals surface area contributed by atoms with E-state index in [1.807, 2.05) is 73.7 Å². The molecule has 3 rings (SSSR count). The molecule has 0 aromatic heterocycles. The SMILES string of the molecule is CCCC(=O)Nc1ccc(NCC(=O)Nc2ccc(OCCc3ccccc3)cc2)cc1. The van der Waals surface area contributed by atoms with Crippen LogP contribution in [0.15, 0.2) is 78.9 Å². The van der Waals surface area contributed by atoms with Crippen molar-refractivity contribution in [1.82, 2.24) is 0 Å². The number of benzene rings is 3. The highest BCUT2D eigenvalue weighted by atomic mass is 16.5. The summed E-state index contributed by atoms with van der Waals surface area (Å²) in [5.41, 5.74) is 3.49. The van der Waals surface area contributed by atoms with Gasteiger partial charge >= 0.3 is 0 Å². The van der Waals surface area contributed by atoms with Crippen molar-refractivity contribution in [2.75, 3.05) is 29.1 Å². The fourth-order valence-electron chi connectivity index (χ4n) is 3.08. The van der Waals surface area contributed by atoms with E-state index in [-0.39, 0.29) is 18.4 Å². The smallest absolute Gasteiger partial charge is 0.243 e. The van der Waals surface area contributed by atoms with Crippen molar-refractivity contribution in [3.8, 4) is 5.75 Å². The number of carbonyl (C=O) groups is 2. The van der Waals surface area contributed by atoms with Crippen LogP contribution in [0.2, 0.25) is 0 Å². The van der Waals surface area contributed by atoms with Crippen molar-refractivity contribution in [3.63, 3.8) is 0 Å². The molecule has 0 fully saturated rings. The fourth-order valence-corrected chi connectivity index (χ4v) is 3.08. The molecular weight excluding hydrogens is 402 g/mol. The minimum absolute atomic E-state index is 0.000185. The van der Waals surface area contributed by atoms with Gasteiger partial charge in [-0.3, -0.25) is 9.59 Å². The van der Waals surface area contributed by atoms with Crippen LogP contribution in [0.5, 0.6) is 5.75 Å². The lowest BCUT2D eigenvalue weighted by Gasteiger charge is -2.10. The minimum atomic E-state index is -0.150. The summed E-state index contributed by atoms with van der Waals surface area (Å²) in [4.78, 5) is 23.9. The zero-order chi connectivity index (χ0) is 22.6. The molecule has 0 saturated heterocycles. The number of carbonyl (C=O) groups excluding carboxylic acids is 2. The molecule has 6 nitrogen and oxygen atoms in total. The molecule has 32 heavy (non-hydrogen) atoms. The van der Waals surface area contributed by atoms with E-state index in [1.54, 1.807) is 0 Å². The molecule has 6 heteroatoms. The predicted molar refractivity (Wildman–Crippen MR) is 129 cm³/mol. The number of nitrogens with one attached hydrogen (secondary N) is 3. The molecule has 0 heterocycles. The first-order valence-electron chi connectivity index (χ1n) is 10.8. The third-order valence-electron chi connectivity index (χ3n) is 4.74. The fraction of sp³-hybridized carbons (Fsp3) is 0.231. The minimum Gasteiger partial charge on any atom is -0.493 e. The van der Waals surface area contributed by atoms with Crippen molar-refractivity contribution < 1.29 is 14.3 Å². The van der Waals surface area contributed by atoms with Crippen LogP contribution in [-0.4, -0.2) is 25.0 Å². The number of hydrogen-bond donors (Lipinski definition) is 3. The number of rotatable bonds is 11. The van der Waals surface area contributed by atoms with Gasteiger partial charge in [0, 0.05) is 29.9 Å². The maximum absolute atomic E-state index is 12.2. The Bertz CT molecular complexity index is 987. The van der Waals surface area contributed by atoms with Gasteiger partial charge in [-0.15, -0.1) is 0 Å². The molecule has 3 N–H and O–H groups in total. The van der Waals surface area contributed by atoms with Gasteiger partial charge in [-0.2, -0.15) is 0 Å². The van der Waals surface area contributed by atoms with Crippen molar-refractivity contribution >= 4 is 28.9 Å². The van der Waals surface area contributed by atoms with Gasteiger partial charge in [0.2, 0.25) is 11.8 Å². The lowest BCUT2D eigenvalue weighted by Crippen LogP contribution is -2.21. The average Bonchev–Trinajstić information content (AvgIpc) is 2.81. The van der Waals surface area contributed by atoms with E-state index >= 15 is 0 Å². The lowest BCUT2D eigenvalue weighted by molar-refractivity contribution is -0.116. The summed E-state index contributed by atoms with van der Waals surface area (Å²) in [5.74, 6) is 0.617. The Hall–Kier alpha value is -3.80. The number of hydrogen-bond acceptors (Lipinski definition) is 4. The number of amides is 2. The summed E-state index contributed by atoms with van der Waals surface area (Å²) in [5, 5.41) is 8.77. The molecule has 0 unspecified atom stereocenters. The van der Waals surface area contributed by atoms with E-state index in [2.05, 4.69) is 28.1 Å². The van der Waals surface area contributed by atoms with Gasteiger partial charge < -0.3 is 20.7 Å². The van der Waals surface area contributed by atoms with E-state index in [0.717, 1.165) is 30.0 Å². The zero-order valence-corrected chi connectivity index (χ0v) is 18.3. The first-order chi connectivity index (χ1) is 15.6. The summed E-state index contributed by atoms with van der Waals surface area (Å²) in [7, 11) is 0. The molecule has 0 aliphatic carbocycles. The van der Waals surface area contributed by atoms with Crippen molar-refractivity contribution in [1.29, 1.82) is 0 Å². The molecule has 0 radical (unpaired) electrons. The van der Waals surface area contributed by atoms with Crippen LogP contribution < -0.4 is 20.7 Å². The van der Waals surface area contributed by atoms with Crippen LogP contribution in [-0.2, 0) is 16.0 Å². The van der Waals surface area contributed by atoms with Crippen LogP contribution >= 0.6 is 0 Å². The molecule has 0 atom stereocenters. The average molecular weight is 432 g/mol. The van der Waals surface area contributed by atoms with Crippen LogP contribution in [0, 0.1) is 0 Å². The number of anilines is 3. The largest absolute Gasteiger partial charge is 0.493 e. The van der Waals surface area contributed by atoms with Crippen molar-refractivity contribution in [2.45, 2.75) is 26.2 Å². The summed E-state index contributed by atoms with van der Waals surface area (Å²) >= 11 is 0. The Kier molecular flexibility index (Phi) is 8.69. The Balaban J connectivity index is 1.38. The highest BCUT2D eigenvalue weighted by Gasteiger charge is 2.04. The number of ether oxygens (including phenoxy) is 1. The van der Waals surface area contributed by atoms with E-state index in [9.17, 15) is 9.59 Å². The molecule has 0 aliphatic rings. The van der Waals surface area contributed by atoms with E-state index in [4.69, 9.17) is 4.74 Å². The zero-order valence-electron chi connectivity index (χ0n) is 18.3. The Morgan fingerprint density at radius 2 is 1.34 bits per heavy atom. The standard InChI is InChI=1S/C26H29N3O3/c1-2-6-25(30)28-22-11-9-21(10-12-22)27-19-26(31)29-23-13-15-24(16-14-23)32-18-17-20-7-4-3-5-8-20/h3-5,7-16,27H,2,6,17-19H2,1H3,(H,28,30)(H,29,31). The van der Waals surface area contributed by atoms with Gasteiger partial charge in [0.1, 0.15) is 5.75 Å². The maximum atomic E-state index is 12.2. The van der Waals surface area contributed by atoms with Crippen LogP contribution in [0.4, 0.5) is 17.1 Å². The third kappa shape index (κ3) is 7.80. The summed E-state index contributed by atoms with van der Waals surface area (Å²) in [6.07, 6.45) is 2.16. The third-order valence-corrected chi connectivity index (χ3v) is 4.74. The second kappa shape index (κ2) is 12.2. The molecule has 166 valence electrons. The lowest BCUT2D eigenvalue weighted by atomic mass is 10.2. The molecule has 3 aromatic rings. The summed E-state index contributed by atoms with van der Waals surface area (Å²) < 4.78 is 5.77. The van der Waals surface area contributed by atoms with Gasteiger partial charge in [-0.1, -0.05) is 37.3 Å². The van der Waals surface area contributed by atoms with E-state index in [1.165, 1.54) is 5.56 Å². The van der Waals surface area contributed by atoms with Gasteiger partial charge in [-0.05, 0) is 60.5 Å². The topological polar surface area (TPSA) is 79.5 Å². The molecule has 3 aromatic carbocycles. The van der Waals surface area contributed by atoms with E-state index in [0.29, 0.717) is 18.7 Å². The van der Waals surface area contributed by atoms with E-state index < -0.39 is 0 Å². The molecule has 0 spiro atoms. The monoisotopic (exact) mass is 431 g/mol. The summed E-state index contributed by atoms with van der Waals surface area (Å²) in [6, 6.07) is 24.8. The Labute approximate surface area is 189 Å². The molecule has 0 aliphatic heterocycles. The molecular formula is C26H29N3O3. The quantitative estimate of drug-likeness (QED) is 0.395. The van der Waals surface area contributed by atoms with Crippen LogP contribution in [0.1, 0.15) is 25.3 Å². The van der Waals surface area contributed by atoms with Crippen molar-refractivity contribution in [2.24, 2.45) is 0 Å². The molecule has 0 saturated carbocycles.